The molecule has 3 N–H and O–H groups in total. The normalized spacial score (nSPS) is 14.6. The van der Waals surface area contributed by atoms with Gasteiger partial charge in [0.2, 0.25) is 0 Å². The molecule has 0 rings (SSSR count). The number of carbonyl (C=O) groups excluding carboxylic acids is 4. The lowest BCUT2D eigenvalue weighted by Gasteiger charge is -2.21. The summed E-state index contributed by atoms with van der Waals surface area (Å²) in [6, 6.07) is 0. The van der Waals surface area contributed by atoms with Gasteiger partial charge in [-0.3, -0.25) is 37.3 Å². The Hall–Kier alpha value is -3.76. The summed E-state index contributed by atoms with van der Waals surface area (Å²) in [7, 11) is -9.94. The van der Waals surface area contributed by atoms with E-state index in [-0.39, 0.29) is 25.7 Å². The third kappa shape index (κ3) is 64.9. The zero-order valence-corrected chi connectivity index (χ0v) is 59.5. The van der Waals surface area contributed by atoms with Gasteiger partial charge in [-0.2, -0.15) is 0 Å². The summed E-state index contributed by atoms with van der Waals surface area (Å²) >= 11 is 0. The molecule has 92 heavy (non-hydrogen) atoms. The van der Waals surface area contributed by atoms with Crippen molar-refractivity contribution in [2.75, 3.05) is 39.6 Å². The number of ether oxygens (including phenoxy) is 4. The van der Waals surface area contributed by atoms with Crippen molar-refractivity contribution >= 4 is 39.5 Å². The van der Waals surface area contributed by atoms with E-state index in [9.17, 15) is 43.2 Å². The summed E-state index contributed by atoms with van der Waals surface area (Å²) in [5, 5.41) is 10.6. The minimum atomic E-state index is -4.97. The van der Waals surface area contributed by atoms with Gasteiger partial charge in [-0.05, 0) is 109 Å². The molecule has 0 aromatic carbocycles. The first kappa shape index (κ1) is 88.2. The number of esters is 4. The number of unbranched alkanes of at least 4 members (excludes halogenated alkanes) is 27. The van der Waals surface area contributed by atoms with Crippen molar-refractivity contribution in [1.29, 1.82) is 0 Å². The quantitative estimate of drug-likeness (QED) is 0.0169. The van der Waals surface area contributed by atoms with Crippen molar-refractivity contribution < 1.29 is 80.2 Å². The maximum absolute atomic E-state index is 13.0. The lowest BCUT2D eigenvalue weighted by molar-refractivity contribution is -0.161. The fourth-order valence-electron chi connectivity index (χ4n) is 9.35. The number of allylic oxidation sites excluding steroid dienone is 14. The van der Waals surface area contributed by atoms with Crippen LogP contribution in [0.15, 0.2) is 85.1 Å². The minimum Gasteiger partial charge on any atom is -0.462 e. The Labute approximate surface area is 557 Å². The van der Waals surface area contributed by atoms with Gasteiger partial charge >= 0.3 is 39.5 Å². The van der Waals surface area contributed by atoms with E-state index in [1.165, 1.54) is 51.4 Å². The van der Waals surface area contributed by atoms with Gasteiger partial charge in [0, 0.05) is 25.7 Å². The molecule has 0 aliphatic carbocycles. The standard InChI is InChI=1S/C73H128O17P2/c1-5-9-13-17-21-25-29-31-32-33-34-36-39-42-46-50-54-58-71(76)84-64-69(90-73(78)60-56-52-48-44-40-35-30-26-22-18-14-10-6-2)66-88-92(81,82)86-62-67(74)61-85-91(79,80)87-65-68(89-72(77)59-55-51-47-43-38-28-24-20-16-12-8-4)63-83-70(75)57-53-49-45-41-37-27-23-19-15-11-7-3/h9,13-14,18-19,21,23,25-26,30-32,34,36,67-69,74H,5-8,10-12,15-17,20,22,24,27-29,33,35,37-66H2,1-4H3,(H,79,80)(H,81,82)/b13-9-,18-14-,23-19-,25-21-,30-26-,32-31-,36-34-. The van der Waals surface area contributed by atoms with Gasteiger partial charge in [-0.15, -0.1) is 0 Å². The predicted molar refractivity (Wildman–Crippen MR) is 372 cm³/mol. The number of hydrogen-bond acceptors (Lipinski definition) is 15. The van der Waals surface area contributed by atoms with Crippen LogP contribution in [0.4, 0.5) is 0 Å². The first-order valence-electron chi connectivity index (χ1n) is 35.8. The second kappa shape index (κ2) is 65.9. The lowest BCUT2D eigenvalue weighted by atomic mass is 10.1. The molecular formula is C73H128O17P2. The smallest absolute Gasteiger partial charge is 0.462 e. The number of phosphoric ester groups is 2. The third-order valence-corrected chi connectivity index (χ3v) is 16.7. The summed E-state index contributed by atoms with van der Waals surface area (Å²) in [6.45, 7) is 4.59. The highest BCUT2D eigenvalue weighted by Crippen LogP contribution is 2.45. The molecule has 0 saturated heterocycles. The molecule has 532 valence electrons. The number of aliphatic hydroxyl groups is 1. The van der Waals surface area contributed by atoms with E-state index in [0.717, 1.165) is 167 Å². The number of phosphoric acid groups is 2. The van der Waals surface area contributed by atoms with Crippen LogP contribution in [0.5, 0.6) is 0 Å². The summed E-state index contributed by atoms with van der Waals surface area (Å²) in [6.07, 6.45) is 64.5. The van der Waals surface area contributed by atoms with Crippen molar-refractivity contribution in [3.05, 3.63) is 85.1 Å². The Kier molecular flexibility index (Phi) is 63.2. The van der Waals surface area contributed by atoms with Crippen molar-refractivity contribution in [1.82, 2.24) is 0 Å². The van der Waals surface area contributed by atoms with Crippen LogP contribution >= 0.6 is 15.6 Å². The molecule has 0 aromatic heterocycles. The fourth-order valence-corrected chi connectivity index (χ4v) is 10.9. The number of rotatable bonds is 67. The first-order chi connectivity index (χ1) is 44.7. The van der Waals surface area contributed by atoms with Crippen LogP contribution in [0.25, 0.3) is 0 Å². The van der Waals surface area contributed by atoms with Crippen LogP contribution in [-0.2, 0) is 65.4 Å². The van der Waals surface area contributed by atoms with E-state index in [0.29, 0.717) is 25.7 Å². The largest absolute Gasteiger partial charge is 0.472 e. The van der Waals surface area contributed by atoms with Crippen LogP contribution in [0.3, 0.4) is 0 Å². The van der Waals surface area contributed by atoms with Crippen LogP contribution in [0.1, 0.15) is 297 Å². The molecule has 19 heteroatoms. The van der Waals surface area contributed by atoms with Crippen LogP contribution < -0.4 is 0 Å². The Bertz CT molecular complexity index is 2090. The second-order valence-electron chi connectivity index (χ2n) is 23.8. The van der Waals surface area contributed by atoms with E-state index < -0.39 is 97.5 Å². The molecule has 0 saturated carbocycles. The second-order valence-corrected chi connectivity index (χ2v) is 26.7. The van der Waals surface area contributed by atoms with Crippen LogP contribution in [0, 0.1) is 0 Å². The summed E-state index contributed by atoms with van der Waals surface area (Å²) in [4.78, 5) is 72.5. The Balaban J connectivity index is 5.33. The zero-order chi connectivity index (χ0) is 67.5. The molecule has 0 spiro atoms. The maximum atomic E-state index is 13.0. The molecule has 0 heterocycles. The molecule has 0 bridgehead atoms. The highest BCUT2D eigenvalue weighted by Gasteiger charge is 2.30. The van der Waals surface area contributed by atoms with Crippen molar-refractivity contribution in [2.24, 2.45) is 0 Å². The van der Waals surface area contributed by atoms with Crippen molar-refractivity contribution in [3.63, 3.8) is 0 Å². The van der Waals surface area contributed by atoms with Gasteiger partial charge in [0.1, 0.15) is 19.3 Å². The van der Waals surface area contributed by atoms with E-state index >= 15 is 0 Å². The molecule has 0 radical (unpaired) electrons. The highest BCUT2D eigenvalue weighted by molar-refractivity contribution is 7.47. The molecule has 5 unspecified atom stereocenters. The average Bonchev–Trinajstić information content (AvgIpc) is 2.89. The van der Waals surface area contributed by atoms with Gasteiger partial charge < -0.3 is 33.8 Å². The molecule has 0 aliphatic heterocycles. The molecule has 0 amide bonds. The lowest BCUT2D eigenvalue weighted by Crippen LogP contribution is -2.30. The molecule has 17 nitrogen and oxygen atoms in total. The van der Waals surface area contributed by atoms with E-state index in [1.807, 2.05) is 0 Å². The summed E-state index contributed by atoms with van der Waals surface area (Å²) in [5.74, 6) is -2.22. The molecule has 0 aliphatic rings. The Morgan fingerprint density at radius 1 is 0.315 bits per heavy atom. The van der Waals surface area contributed by atoms with Gasteiger partial charge in [0.05, 0.1) is 26.4 Å². The maximum Gasteiger partial charge on any atom is 0.472 e. The minimum absolute atomic E-state index is 0.0736. The third-order valence-electron chi connectivity index (χ3n) is 14.8. The monoisotopic (exact) mass is 1340 g/mol. The zero-order valence-electron chi connectivity index (χ0n) is 57.7. The molecule has 0 aromatic rings. The van der Waals surface area contributed by atoms with Gasteiger partial charge in [0.15, 0.2) is 12.2 Å². The number of hydrogen-bond donors (Lipinski definition) is 3. The first-order valence-corrected chi connectivity index (χ1v) is 38.8. The van der Waals surface area contributed by atoms with Gasteiger partial charge in [0.25, 0.3) is 0 Å². The fraction of sp³-hybridized carbons (Fsp3) is 0.753. The molecule has 5 atom stereocenters. The molecular weight excluding hydrogens is 1210 g/mol. The SMILES string of the molecule is CC/C=C\C/C=C\C/C=C\C/C=C\CCCCCCC(=O)OCC(COP(=O)(O)OCC(O)COP(=O)(O)OCC(COC(=O)CCCCCCC/C=C\CCCC)OC(=O)CCCCCCCCCCCCC)OC(=O)CCCCCCC/C=C\C/C=C\CCC. The molecule has 0 fully saturated rings. The van der Waals surface area contributed by atoms with Crippen molar-refractivity contribution in [2.45, 2.75) is 316 Å². The van der Waals surface area contributed by atoms with E-state index in [1.54, 1.807) is 0 Å². The van der Waals surface area contributed by atoms with E-state index in [2.05, 4.69) is 113 Å². The van der Waals surface area contributed by atoms with Gasteiger partial charge in [-0.1, -0.05) is 248 Å². The topological polar surface area (TPSA) is 237 Å². The van der Waals surface area contributed by atoms with Crippen LogP contribution in [-0.4, -0.2) is 96.7 Å². The number of aliphatic hydroxyl groups excluding tert-OH is 1. The van der Waals surface area contributed by atoms with E-state index in [4.69, 9.17) is 37.0 Å². The van der Waals surface area contributed by atoms with Crippen molar-refractivity contribution in [3.8, 4) is 0 Å². The highest BCUT2D eigenvalue weighted by atomic mass is 31.2. The predicted octanol–water partition coefficient (Wildman–Crippen LogP) is 19.9. The van der Waals surface area contributed by atoms with Crippen LogP contribution in [0.2, 0.25) is 0 Å². The summed E-state index contributed by atoms with van der Waals surface area (Å²) in [5.41, 5.74) is 0. The summed E-state index contributed by atoms with van der Waals surface area (Å²) < 4.78 is 68.2. The Morgan fingerprint density at radius 2 is 0.598 bits per heavy atom. The number of carbonyl (C=O) groups is 4. The average molecular weight is 1340 g/mol. The Morgan fingerprint density at radius 3 is 0.957 bits per heavy atom. The van der Waals surface area contributed by atoms with Gasteiger partial charge in [-0.25, -0.2) is 9.13 Å².